The van der Waals surface area contributed by atoms with Crippen LogP contribution in [0.15, 0.2) is 48.5 Å². The highest BCUT2D eigenvalue weighted by Gasteiger charge is 2.25. The standard InChI is InChI=1S/C20H23N3O3/c1-15-7-9-16(10-8-15)22-11-13-23(14-12-22)19(24)17-5-3-4-6-18(17)21(2)20(25)26/h3-10H,11-14H2,1-2H3,(H,25,26). The van der Waals surface area contributed by atoms with Gasteiger partial charge in [0.25, 0.3) is 5.91 Å². The van der Waals surface area contributed by atoms with Crippen LogP contribution in [-0.4, -0.2) is 55.2 Å². The maximum Gasteiger partial charge on any atom is 0.411 e. The fourth-order valence-corrected chi connectivity index (χ4v) is 3.14. The number of nitrogens with zero attached hydrogens (tertiary/aromatic N) is 3. The molecular formula is C20H23N3O3. The quantitative estimate of drug-likeness (QED) is 0.921. The number of carboxylic acid groups (broad SMARTS) is 1. The number of aryl methyl sites for hydroxylation is 1. The van der Waals surface area contributed by atoms with Gasteiger partial charge in [0.2, 0.25) is 0 Å². The molecule has 1 N–H and O–H groups in total. The van der Waals surface area contributed by atoms with Crippen LogP contribution < -0.4 is 9.80 Å². The topological polar surface area (TPSA) is 64.1 Å². The first kappa shape index (κ1) is 17.8. The van der Waals surface area contributed by atoms with Gasteiger partial charge in [-0.3, -0.25) is 9.69 Å². The lowest BCUT2D eigenvalue weighted by Crippen LogP contribution is -2.49. The number of hydrogen-bond donors (Lipinski definition) is 1. The molecule has 1 fully saturated rings. The van der Waals surface area contributed by atoms with Crippen LogP contribution in [0.2, 0.25) is 0 Å². The highest BCUT2D eigenvalue weighted by Crippen LogP contribution is 2.23. The zero-order valence-electron chi connectivity index (χ0n) is 15.1. The van der Waals surface area contributed by atoms with Gasteiger partial charge in [-0.25, -0.2) is 4.79 Å². The van der Waals surface area contributed by atoms with Crippen LogP contribution in [0.5, 0.6) is 0 Å². The first-order valence-corrected chi connectivity index (χ1v) is 8.64. The maximum atomic E-state index is 12.9. The molecule has 2 aromatic rings. The Hall–Kier alpha value is -3.02. The van der Waals surface area contributed by atoms with Crippen LogP contribution in [0.25, 0.3) is 0 Å². The Morgan fingerprint density at radius 3 is 2.19 bits per heavy atom. The van der Waals surface area contributed by atoms with Crippen LogP contribution >= 0.6 is 0 Å². The molecule has 1 aliphatic heterocycles. The van der Waals surface area contributed by atoms with E-state index in [4.69, 9.17) is 0 Å². The SMILES string of the molecule is Cc1ccc(N2CCN(C(=O)c3ccccc3N(C)C(=O)O)CC2)cc1. The number of anilines is 2. The molecule has 0 unspecified atom stereocenters. The zero-order valence-corrected chi connectivity index (χ0v) is 15.1. The minimum Gasteiger partial charge on any atom is -0.465 e. The molecule has 0 saturated carbocycles. The average molecular weight is 353 g/mol. The number of piperazine rings is 1. The van der Waals surface area contributed by atoms with Gasteiger partial charge in [-0.1, -0.05) is 29.8 Å². The largest absolute Gasteiger partial charge is 0.465 e. The molecule has 1 heterocycles. The molecule has 0 spiro atoms. The van der Waals surface area contributed by atoms with Gasteiger partial charge < -0.3 is 14.9 Å². The van der Waals surface area contributed by atoms with Gasteiger partial charge in [0.1, 0.15) is 0 Å². The number of amides is 2. The lowest BCUT2D eigenvalue weighted by atomic mass is 10.1. The number of para-hydroxylation sites is 1. The smallest absolute Gasteiger partial charge is 0.411 e. The minimum absolute atomic E-state index is 0.128. The first-order valence-electron chi connectivity index (χ1n) is 8.64. The Labute approximate surface area is 153 Å². The Morgan fingerprint density at radius 1 is 0.962 bits per heavy atom. The average Bonchev–Trinajstić information content (AvgIpc) is 2.67. The fourth-order valence-electron chi connectivity index (χ4n) is 3.14. The Morgan fingerprint density at radius 2 is 1.58 bits per heavy atom. The van der Waals surface area contributed by atoms with Crippen LogP contribution in [0.1, 0.15) is 15.9 Å². The number of rotatable bonds is 3. The number of benzene rings is 2. The van der Waals surface area contributed by atoms with E-state index in [2.05, 4.69) is 36.1 Å². The van der Waals surface area contributed by atoms with Crippen LogP contribution in [0, 0.1) is 6.92 Å². The molecule has 26 heavy (non-hydrogen) atoms. The summed E-state index contributed by atoms with van der Waals surface area (Å²) < 4.78 is 0. The summed E-state index contributed by atoms with van der Waals surface area (Å²) in [7, 11) is 1.45. The third kappa shape index (κ3) is 3.64. The van der Waals surface area contributed by atoms with E-state index in [0.717, 1.165) is 23.7 Å². The van der Waals surface area contributed by atoms with Gasteiger partial charge in [-0.05, 0) is 31.2 Å². The fraction of sp³-hybridized carbons (Fsp3) is 0.300. The summed E-state index contributed by atoms with van der Waals surface area (Å²) in [6.07, 6.45) is -1.09. The molecule has 6 nitrogen and oxygen atoms in total. The Balaban J connectivity index is 1.71. The van der Waals surface area contributed by atoms with Gasteiger partial charge >= 0.3 is 6.09 Å². The molecule has 0 aliphatic carbocycles. The highest BCUT2D eigenvalue weighted by atomic mass is 16.4. The van der Waals surface area contributed by atoms with Gasteiger partial charge in [0.05, 0.1) is 11.3 Å². The lowest BCUT2D eigenvalue weighted by molar-refractivity contribution is 0.0747. The van der Waals surface area contributed by atoms with Crippen LogP contribution in [0.4, 0.5) is 16.2 Å². The van der Waals surface area contributed by atoms with Crippen LogP contribution in [-0.2, 0) is 0 Å². The summed E-state index contributed by atoms with van der Waals surface area (Å²) in [6, 6.07) is 15.2. The summed E-state index contributed by atoms with van der Waals surface area (Å²) in [4.78, 5) is 29.3. The number of hydrogen-bond acceptors (Lipinski definition) is 3. The molecular weight excluding hydrogens is 330 g/mol. The van der Waals surface area contributed by atoms with E-state index in [-0.39, 0.29) is 5.91 Å². The van der Waals surface area contributed by atoms with Gasteiger partial charge in [-0.2, -0.15) is 0 Å². The predicted octanol–water partition coefficient (Wildman–Crippen LogP) is 3.07. The third-order valence-corrected chi connectivity index (χ3v) is 4.75. The van der Waals surface area contributed by atoms with E-state index in [1.165, 1.54) is 12.6 Å². The summed E-state index contributed by atoms with van der Waals surface area (Å²) in [5.41, 5.74) is 3.21. The van der Waals surface area contributed by atoms with E-state index in [0.29, 0.717) is 24.3 Å². The lowest BCUT2D eigenvalue weighted by Gasteiger charge is -2.36. The highest BCUT2D eigenvalue weighted by molar-refractivity contribution is 6.03. The van der Waals surface area contributed by atoms with Crippen molar-refractivity contribution >= 4 is 23.4 Å². The maximum absolute atomic E-state index is 12.9. The molecule has 0 atom stereocenters. The summed E-state index contributed by atoms with van der Waals surface area (Å²) in [5, 5.41) is 9.23. The summed E-state index contributed by atoms with van der Waals surface area (Å²) in [6.45, 7) is 4.79. The van der Waals surface area contributed by atoms with Crippen molar-refractivity contribution < 1.29 is 14.7 Å². The second-order valence-electron chi connectivity index (χ2n) is 6.47. The second kappa shape index (κ2) is 7.47. The van der Waals surface area contributed by atoms with Crippen LogP contribution in [0.3, 0.4) is 0 Å². The monoisotopic (exact) mass is 353 g/mol. The number of carbonyl (C=O) groups excluding carboxylic acids is 1. The normalized spacial score (nSPS) is 14.2. The first-order chi connectivity index (χ1) is 12.5. The summed E-state index contributed by atoms with van der Waals surface area (Å²) >= 11 is 0. The second-order valence-corrected chi connectivity index (χ2v) is 6.47. The van der Waals surface area contributed by atoms with E-state index in [9.17, 15) is 14.7 Å². The molecule has 3 rings (SSSR count). The van der Waals surface area contributed by atoms with Crippen molar-refractivity contribution in [1.82, 2.24) is 4.90 Å². The molecule has 1 aliphatic rings. The van der Waals surface area contributed by atoms with Crippen molar-refractivity contribution in [3.63, 3.8) is 0 Å². The van der Waals surface area contributed by atoms with Gasteiger partial charge in [0.15, 0.2) is 0 Å². The molecule has 2 aromatic carbocycles. The van der Waals surface area contributed by atoms with Crippen molar-refractivity contribution in [2.75, 3.05) is 43.0 Å². The molecule has 0 bridgehead atoms. The van der Waals surface area contributed by atoms with E-state index < -0.39 is 6.09 Å². The molecule has 136 valence electrons. The summed E-state index contributed by atoms with van der Waals surface area (Å²) in [5.74, 6) is -0.128. The number of carbonyl (C=O) groups is 2. The van der Waals surface area contributed by atoms with E-state index in [1.807, 2.05) is 0 Å². The zero-order chi connectivity index (χ0) is 18.7. The minimum atomic E-state index is -1.09. The predicted molar refractivity (Wildman–Crippen MR) is 102 cm³/mol. The van der Waals surface area contributed by atoms with E-state index >= 15 is 0 Å². The molecule has 0 aromatic heterocycles. The van der Waals surface area contributed by atoms with Crippen molar-refractivity contribution in [3.05, 3.63) is 59.7 Å². The van der Waals surface area contributed by atoms with E-state index in [1.54, 1.807) is 29.2 Å². The van der Waals surface area contributed by atoms with Gasteiger partial charge in [-0.15, -0.1) is 0 Å². The Kier molecular flexibility index (Phi) is 5.11. The van der Waals surface area contributed by atoms with Crippen molar-refractivity contribution in [1.29, 1.82) is 0 Å². The molecule has 0 radical (unpaired) electrons. The van der Waals surface area contributed by atoms with Crippen molar-refractivity contribution in [2.45, 2.75) is 6.92 Å². The molecule has 2 amide bonds. The van der Waals surface area contributed by atoms with Crippen molar-refractivity contribution in [3.8, 4) is 0 Å². The molecule has 6 heteroatoms. The van der Waals surface area contributed by atoms with Gasteiger partial charge in [0, 0.05) is 38.9 Å². The van der Waals surface area contributed by atoms with Crippen molar-refractivity contribution in [2.24, 2.45) is 0 Å². The Bertz CT molecular complexity index is 796. The third-order valence-electron chi connectivity index (χ3n) is 4.75. The molecule has 1 saturated heterocycles.